The first-order chi connectivity index (χ1) is 21.3. The molecule has 44 heavy (non-hydrogen) atoms. The lowest BCUT2D eigenvalue weighted by Crippen LogP contribution is -2.38. The molecule has 0 heterocycles. The number of ketones is 1. The average molecular weight is 593 g/mol. The van der Waals surface area contributed by atoms with E-state index in [1.165, 1.54) is 0 Å². The Morgan fingerprint density at radius 3 is 2.09 bits per heavy atom. The van der Waals surface area contributed by atoms with Gasteiger partial charge >= 0.3 is 5.97 Å². The average Bonchev–Trinajstić information content (AvgIpc) is 3.05. The number of nitrogens with zero attached hydrogens (tertiary/aromatic N) is 1. The summed E-state index contributed by atoms with van der Waals surface area (Å²) in [5, 5.41) is 13.1. The molecule has 2 N–H and O–H groups in total. The van der Waals surface area contributed by atoms with Gasteiger partial charge < -0.3 is 20.1 Å². The molecule has 0 aliphatic heterocycles. The second-order valence-electron chi connectivity index (χ2n) is 10.8. The molecule has 0 aliphatic rings. The zero-order valence-corrected chi connectivity index (χ0v) is 25.5. The second kappa shape index (κ2) is 15.5. The minimum Gasteiger partial charge on any atom is -0.492 e. The van der Waals surface area contributed by atoms with Gasteiger partial charge in [0.1, 0.15) is 18.4 Å². The van der Waals surface area contributed by atoms with Gasteiger partial charge in [-0.2, -0.15) is 0 Å². The Kier molecular flexibility index (Phi) is 11.3. The molecule has 0 bridgehead atoms. The highest BCUT2D eigenvalue weighted by molar-refractivity contribution is 6.12. The summed E-state index contributed by atoms with van der Waals surface area (Å²) in [7, 11) is 0. The minimum absolute atomic E-state index is 0.0465. The molecule has 0 fully saturated rings. The van der Waals surface area contributed by atoms with E-state index in [-0.39, 0.29) is 24.0 Å². The van der Waals surface area contributed by atoms with Crippen LogP contribution in [0.4, 0.5) is 11.4 Å². The highest BCUT2D eigenvalue weighted by Crippen LogP contribution is 2.23. The number of carboxylic acid groups (broad SMARTS) is 1. The molecule has 0 aromatic heterocycles. The van der Waals surface area contributed by atoms with Gasteiger partial charge in [-0.1, -0.05) is 86.1 Å². The third kappa shape index (κ3) is 8.34. The standard InChI is InChI=1S/C37H40N2O5/c1-4-28(5-2)36(41)39(30-19-15-26(3)16-20-30)23-24-44-31-21-17-27(18-22-31)25-34(37(42)43)38-33-14-10-9-13-32(33)35(40)29-11-7-6-8-12-29/h6-22,28,34,38H,4-5,23-25H2,1-3H3,(H,42,43)/t34-/m0/s1. The third-order valence-electron chi connectivity index (χ3n) is 7.73. The van der Waals surface area contributed by atoms with Gasteiger partial charge in [-0.3, -0.25) is 9.59 Å². The number of hydrogen-bond acceptors (Lipinski definition) is 5. The van der Waals surface area contributed by atoms with Crippen LogP contribution in [0.15, 0.2) is 103 Å². The highest BCUT2D eigenvalue weighted by Gasteiger charge is 2.24. The normalized spacial score (nSPS) is 11.5. The van der Waals surface area contributed by atoms with Crippen molar-refractivity contribution in [3.63, 3.8) is 0 Å². The van der Waals surface area contributed by atoms with Crippen molar-refractivity contribution in [2.75, 3.05) is 23.4 Å². The van der Waals surface area contributed by atoms with Crippen LogP contribution < -0.4 is 15.0 Å². The van der Waals surface area contributed by atoms with Gasteiger partial charge in [0.25, 0.3) is 0 Å². The Balaban J connectivity index is 1.40. The number of nitrogens with one attached hydrogen (secondary N) is 1. The van der Waals surface area contributed by atoms with Gasteiger partial charge in [-0.15, -0.1) is 0 Å². The van der Waals surface area contributed by atoms with Crippen molar-refractivity contribution in [1.82, 2.24) is 0 Å². The number of carboxylic acids is 1. The number of carbonyl (C=O) groups excluding carboxylic acids is 2. The van der Waals surface area contributed by atoms with Crippen LogP contribution in [-0.2, 0) is 16.0 Å². The van der Waals surface area contributed by atoms with Gasteiger partial charge in [-0.05, 0) is 61.7 Å². The van der Waals surface area contributed by atoms with Crippen LogP contribution >= 0.6 is 0 Å². The van der Waals surface area contributed by atoms with E-state index < -0.39 is 12.0 Å². The summed E-state index contributed by atoms with van der Waals surface area (Å²) >= 11 is 0. The zero-order chi connectivity index (χ0) is 31.5. The summed E-state index contributed by atoms with van der Waals surface area (Å²) < 4.78 is 6.00. The van der Waals surface area contributed by atoms with E-state index in [4.69, 9.17) is 4.74 Å². The number of carbonyl (C=O) groups is 3. The zero-order valence-electron chi connectivity index (χ0n) is 25.5. The number of benzene rings is 4. The fraction of sp³-hybridized carbons (Fsp3) is 0.270. The maximum Gasteiger partial charge on any atom is 0.326 e. The molecule has 1 amide bonds. The maximum absolute atomic E-state index is 13.3. The molecule has 228 valence electrons. The lowest BCUT2D eigenvalue weighted by Gasteiger charge is -2.27. The molecular weight excluding hydrogens is 552 g/mol. The molecule has 7 heteroatoms. The fourth-order valence-electron chi connectivity index (χ4n) is 5.10. The van der Waals surface area contributed by atoms with Gasteiger partial charge in [0.05, 0.1) is 6.54 Å². The van der Waals surface area contributed by atoms with Crippen LogP contribution in [0.25, 0.3) is 0 Å². The van der Waals surface area contributed by atoms with E-state index in [1.54, 1.807) is 65.6 Å². The molecule has 1 atom stereocenters. The van der Waals surface area contributed by atoms with Gasteiger partial charge in [0.2, 0.25) is 5.91 Å². The van der Waals surface area contributed by atoms with E-state index in [1.807, 2.05) is 63.2 Å². The minimum atomic E-state index is -1.02. The topological polar surface area (TPSA) is 95.9 Å². The lowest BCUT2D eigenvalue weighted by molar-refractivity contribution is -0.137. The number of hydrogen-bond donors (Lipinski definition) is 2. The summed E-state index contributed by atoms with van der Waals surface area (Å²) in [4.78, 5) is 40.4. The SMILES string of the molecule is CCC(CC)C(=O)N(CCOc1ccc(C[C@H](Nc2ccccc2C(=O)c2ccccc2)C(=O)O)cc1)c1ccc(C)cc1. The van der Waals surface area contributed by atoms with Gasteiger partial charge in [0.15, 0.2) is 5.78 Å². The van der Waals surface area contributed by atoms with Crippen molar-refractivity contribution in [3.05, 3.63) is 125 Å². The van der Waals surface area contributed by atoms with Crippen molar-refractivity contribution in [1.29, 1.82) is 0 Å². The van der Waals surface area contributed by atoms with Gasteiger partial charge in [-0.25, -0.2) is 4.79 Å². The van der Waals surface area contributed by atoms with E-state index in [2.05, 4.69) is 5.32 Å². The second-order valence-corrected chi connectivity index (χ2v) is 10.8. The molecule has 0 radical (unpaired) electrons. The van der Waals surface area contributed by atoms with Crippen LogP contribution in [0.2, 0.25) is 0 Å². The number of aryl methyl sites for hydroxylation is 1. The Hall–Kier alpha value is -4.91. The van der Waals surface area contributed by atoms with E-state index in [0.717, 1.165) is 29.7 Å². The molecule has 0 spiro atoms. The first kappa shape index (κ1) is 32.0. The Labute approximate surface area is 259 Å². The van der Waals surface area contributed by atoms with Crippen LogP contribution in [0.5, 0.6) is 5.75 Å². The van der Waals surface area contributed by atoms with Crippen molar-refractivity contribution >= 4 is 29.0 Å². The predicted molar refractivity (Wildman–Crippen MR) is 175 cm³/mol. The summed E-state index contributed by atoms with van der Waals surface area (Å²) in [5.74, 6) is -0.523. The number of anilines is 2. The summed E-state index contributed by atoms with van der Waals surface area (Å²) in [6.07, 6.45) is 1.76. The molecule has 4 rings (SSSR count). The van der Waals surface area contributed by atoms with Crippen LogP contribution in [0.1, 0.15) is 53.7 Å². The van der Waals surface area contributed by atoms with Crippen molar-refractivity contribution in [2.45, 2.75) is 46.1 Å². The molecule has 0 aliphatic carbocycles. The van der Waals surface area contributed by atoms with E-state index >= 15 is 0 Å². The van der Waals surface area contributed by atoms with Crippen molar-refractivity contribution < 1.29 is 24.2 Å². The largest absolute Gasteiger partial charge is 0.492 e. The molecular formula is C37H40N2O5. The van der Waals surface area contributed by atoms with E-state index in [9.17, 15) is 19.5 Å². The summed E-state index contributed by atoms with van der Waals surface area (Å²) in [5.41, 5.74) is 4.20. The number of amides is 1. The summed E-state index contributed by atoms with van der Waals surface area (Å²) in [6, 6.07) is 30.1. The maximum atomic E-state index is 13.3. The monoisotopic (exact) mass is 592 g/mol. The smallest absolute Gasteiger partial charge is 0.326 e. The predicted octanol–water partition coefficient (Wildman–Crippen LogP) is 7.18. The van der Waals surface area contributed by atoms with Crippen LogP contribution in [0, 0.1) is 12.8 Å². The van der Waals surface area contributed by atoms with Crippen molar-refractivity contribution in [3.8, 4) is 5.75 Å². The van der Waals surface area contributed by atoms with Crippen molar-refractivity contribution in [2.24, 2.45) is 5.92 Å². The molecule has 0 unspecified atom stereocenters. The molecule has 7 nitrogen and oxygen atoms in total. The molecule has 4 aromatic carbocycles. The first-order valence-corrected chi connectivity index (χ1v) is 15.1. The molecule has 4 aromatic rings. The summed E-state index contributed by atoms with van der Waals surface area (Å²) in [6.45, 7) is 6.80. The number of aliphatic carboxylic acids is 1. The number of ether oxygens (including phenoxy) is 1. The Morgan fingerprint density at radius 1 is 0.818 bits per heavy atom. The van der Waals surface area contributed by atoms with Crippen LogP contribution in [0.3, 0.4) is 0 Å². The molecule has 0 saturated heterocycles. The quantitative estimate of drug-likeness (QED) is 0.142. The number of para-hydroxylation sites is 1. The highest BCUT2D eigenvalue weighted by atomic mass is 16.5. The first-order valence-electron chi connectivity index (χ1n) is 15.1. The lowest BCUT2D eigenvalue weighted by atomic mass is 10.00. The van der Waals surface area contributed by atoms with E-state index in [0.29, 0.717) is 35.7 Å². The Bertz CT molecular complexity index is 1530. The number of rotatable bonds is 15. The Morgan fingerprint density at radius 2 is 1.45 bits per heavy atom. The fourth-order valence-corrected chi connectivity index (χ4v) is 5.10. The van der Waals surface area contributed by atoms with Crippen LogP contribution in [-0.4, -0.2) is 42.0 Å². The third-order valence-corrected chi connectivity index (χ3v) is 7.73. The van der Waals surface area contributed by atoms with Gasteiger partial charge in [0, 0.05) is 34.8 Å². The molecule has 0 saturated carbocycles.